The number of hydrogen-bond acceptors (Lipinski definition) is 4. The third-order valence-corrected chi connectivity index (χ3v) is 4.89. The maximum absolute atomic E-state index is 12.3. The molecule has 3 aromatic rings. The predicted molar refractivity (Wildman–Crippen MR) is 109 cm³/mol. The van der Waals surface area contributed by atoms with Gasteiger partial charge >= 0.3 is 6.03 Å². The van der Waals surface area contributed by atoms with E-state index in [1.807, 2.05) is 0 Å². The van der Waals surface area contributed by atoms with Crippen LogP contribution in [0, 0.1) is 5.92 Å². The molecule has 0 bridgehead atoms. The van der Waals surface area contributed by atoms with E-state index in [4.69, 9.17) is 28.8 Å². The molecular weight excluding hydrogens is 396 g/mol. The van der Waals surface area contributed by atoms with E-state index in [1.54, 1.807) is 36.4 Å². The van der Waals surface area contributed by atoms with Gasteiger partial charge in [-0.3, -0.25) is 14.2 Å². The van der Waals surface area contributed by atoms with Crippen LogP contribution in [0.4, 0.5) is 4.79 Å². The smallest absolute Gasteiger partial charge is 0.324 e. The van der Waals surface area contributed by atoms with Crippen LogP contribution in [0.15, 0.2) is 42.5 Å². The van der Waals surface area contributed by atoms with Crippen LogP contribution in [0.1, 0.15) is 38.4 Å². The van der Waals surface area contributed by atoms with Crippen molar-refractivity contribution in [3.05, 3.63) is 75.8 Å². The van der Waals surface area contributed by atoms with Gasteiger partial charge in [0.2, 0.25) is 0 Å². The van der Waals surface area contributed by atoms with Crippen molar-refractivity contribution in [3.63, 3.8) is 0 Å². The fraction of sp³-hybridized carbons (Fsp3) is 0.100. The average Bonchev–Trinajstić information content (AvgIpc) is 3.01. The summed E-state index contributed by atoms with van der Waals surface area (Å²) in [5.74, 6) is -1.29. The van der Waals surface area contributed by atoms with Crippen LogP contribution < -0.4 is 17.2 Å². The fourth-order valence-corrected chi connectivity index (χ4v) is 3.81. The van der Waals surface area contributed by atoms with E-state index in [0.717, 1.165) is 4.57 Å². The molecular formula is C20H18ClN4O4. The Labute approximate surface area is 170 Å². The zero-order valence-corrected chi connectivity index (χ0v) is 15.9. The monoisotopic (exact) mass is 413 g/mol. The lowest BCUT2D eigenvalue weighted by Gasteiger charge is -2.20. The second kappa shape index (κ2) is 7.94. The number of fused-ring (bicyclic) bond motifs is 1. The third kappa shape index (κ3) is 3.43. The van der Waals surface area contributed by atoms with Crippen LogP contribution in [-0.4, -0.2) is 34.1 Å². The summed E-state index contributed by atoms with van der Waals surface area (Å²) in [6.07, 6.45) is 0.0354. The molecule has 1 radical (unpaired) electrons. The molecule has 0 aliphatic rings. The Bertz CT molecular complexity index is 1140. The van der Waals surface area contributed by atoms with Crippen LogP contribution >= 0.6 is 11.6 Å². The summed E-state index contributed by atoms with van der Waals surface area (Å²) in [6, 6.07) is 10.5. The van der Waals surface area contributed by atoms with Gasteiger partial charge in [-0.15, -0.1) is 0 Å². The Morgan fingerprint density at radius 3 is 2.21 bits per heavy atom. The molecule has 0 saturated carbocycles. The first kappa shape index (κ1) is 20.4. The van der Waals surface area contributed by atoms with E-state index in [-0.39, 0.29) is 34.9 Å². The molecule has 149 valence electrons. The molecule has 0 unspecified atom stereocenters. The van der Waals surface area contributed by atoms with Crippen molar-refractivity contribution in [2.24, 2.45) is 17.2 Å². The highest BCUT2D eigenvalue weighted by atomic mass is 35.5. The number of rotatable bonds is 6. The SMILES string of the molecule is NC(=O)c1c(Cl)cccc1[C](CCO)c1c(C(N)=O)n(C(N)=O)c2ccccc12. The number of hydrogen-bond donors (Lipinski definition) is 4. The van der Waals surface area contributed by atoms with Crippen molar-refractivity contribution >= 4 is 40.3 Å². The molecule has 1 aromatic heterocycles. The fourth-order valence-electron chi connectivity index (χ4n) is 3.54. The molecule has 7 N–H and O–H groups in total. The molecule has 1 heterocycles. The lowest BCUT2D eigenvalue weighted by molar-refractivity contribution is 0.0988. The van der Waals surface area contributed by atoms with Gasteiger partial charge in [-0.1, -0.05) is 41.9 Å². The minimum atomic E-state index is -0.897. The summed E-state index contributed by atoms with van der Waals surface area (Å²) in [5, 5.41) is 10.3. The molecule has 9 heteroatoms. The van der Waals surface area contributed by atoms with Gasteiger partial charge in [-0.25, -0.2) is 4.79 Å². The molecule has 3 rings (SSSR count). The Kier molecular flexibility index (Phi) is 5.58. The molecule has 0 fully saturated rings. The molecule has 0 atom stereocenters. The van der Waals surface area contributed by atoms with Gasteiger partial charge in [-0.2, -0.15) is 0 Å². The van der Waals surface area contributed by atoms with Crippen LogP contribution in [0.5, 0.6) is 0 Å². The number of benzene rings is 2. The van der Waals surface area contributed by atoms with E-state index < -0.39 is 17.8 Å². The average molecular weight is 414 g/mol. The predicted octanol–water partition coefficient (Wildman–Crippen LogP) is 1.77. The van der Waals surface area contributed by atoms with E-state index in [0.29, 0.717) is 22.4 Å². The quantitative estimate of drug-likeness (QED) is 0.486. The highest BCUT2D eigenvalue weighted by Crippen LogP contribution is 2.39. The number of aliphatic hydroxyl groups excluding tert-OH is 1. The van der Waals surface area contributed by atoms with Crippen molar-refractivity contribution in [2.45, 2.75) is 6.42 Å². The lowest BCUT2D eigenvalue weighted by Crippen LogP contribution is -2.28. The Morgan fingerprint density at radius 1 is 0.931 bits per heavy atom. The molecule has 0 saturated heterocycles. The summed E-state index contributed by atoms with van der Waals surface area (Å²) < 4.78 is 1.01. The normalized spacial score (nSPS) is 11.1. The van der Waals surface area contributed by atoms with Gasteiger partial charge in [0, 0.05) is 23.5 Å². The van der Waals surface area contributed by atoms with Crippen LogP contribution in [0.2, 0.25) is 5.02 Å². The van der Waals surface area contributed by atoms with Crippen LogP contribution in [-0.2, 0) is 0 Å². The molecule has 29 heavy (non-hydrogen) atoms. The Morgan fingerprint density at radius 2 is 1.62 bits per heavy atom. The van der Waals surface area contributed by atoms with Crippen LogP contribution in [0.3, 0.4) is 0 Å². The number of amides is 3. The number of carbonyl (C=O) groups is 3. The maximum atomic E-state index is 12.3. The van der Waals surface area contributed by atoms with Crippen molar-refractivity contribution in [2.75, 3.05) is 6.61 Å². The Balaban J connectivity index is 2.46. The standard InChI is InChI=1S/C20H18ClN4O4/c21-13-6-3-5-10(16(13)18(22)27)11(8-9-26)15-12-4-1-2-7-14(12)25(20(24)29)17(15)19(23)28/h1-7,26H,8-9H2,(H2,22,27)(H2,23,28)(H2,24,29). The first-order valence-corrected chi connectivity index (χ1v) is 8.96. The molecule has 2 aromatic carbocycles. The van der Waals surface area contributed by atoms with Gasteiger partial charge in [0.25, 0.3) is 11.8 Å². The summed E-state index contributed by atoms with van der Waals surface area (Å²) >= 11 is 6.18. The highest BCUT2D eigenvalue weighted by Gasteiger charge is 2.32. The second-order valence-corrected chi connectivity index (χ2v) is 6.66. The number of para-hydroxylation sites is 1. The van der Waals surface area contributed by atoms with Gasteiger partial charge in [-0.05, 0) is 24.1 Å². The zero-order valence-electron chi connectivity index (χ0n) is 15.2. The summed E-state index contributed by atoms with van der Waals surface area (Å²) in [4.78, 5) is 36.5. The number of halogens is 1. The molecule has 0 aliphatic heterocycles. The van der Waals surface area contributed by atoms with Crippen molar-refractivity contribution in [3.8, 4) is 0 Å². The number of aromatic nitrogens is 1. The van der Waals surface area contributed by atoms with Crippen molar-refractivity contribution in [1.29, 1.82) is 0 Å². The van der Waals surface area contributed by atoms with Crippen molar-refractivity contribution < 1.29 is 19.5 Å². The molecule has 0 spiro atoms. The zero-order chi connectivity index (χ0) is 21.3. The lowest BCUT2D eigenvalue weighted by atomic mass is 9.84. The van der Waals surface area contributed by atoms with E-state index in [9.17, 15) is 19.5 Å². The third-order valence-electron chi connectivity index (χ3n) is 4.58. The van der Waals surface area contributed by atoms with Gasteiger partial charge in [0.15, 0.2) is 0 Å². The summed E-state index contributed by atoms with van der Waals surface area (Å²) in [6.45, 7) is -0.311. The van der Waals surface area contributed by atoms with E-state index in [2.05, 4.69) is 0 Å². The molecule has 0 aliphatic carbocycles. The van der Waals surface area contributed by atoms with Gasteiger partial charge in [0.05, 0.1) is 16.1 Å². The summed E-state index contributed by atoms with van der Waals surface area (Å²) in [5.41, 5.74) is 17.5. The number of primary amides is 3. The largest absolute Gasteiger partial charge is 0.396 e. The molecule has 3 amide bonds. The first-order valence-electron chi connectivity index (χ1n) is 8.58. The van der Waals surface area contributed by atoms with E-state index in [1.165, 1.54) is 6.07 Å². The molecule has 8 nitrogen and oxygen atoms in total. The van der Waals surface area contributed by atoms with Crippen molar-refractivity contribution in [1.82, 2.24) is 4.57 Å². The topological polar surface area (TPSA) is 154 Å². The number of nitrogens with two attached hydrogens (primary N) is 3. The van der Waals surface area contributed by atoms with Gasteiger partial charge < -0.3 is 22.3 Å². The number of nitrogens with zero attached hydrogens (tertiary/aromatic N) is 1. The maximum Gasteiger partial charge on any atom is 0.324 e. The number of aliphatic hydroxyl groups is 1. The minimum Gasteiger partial charge on any atom is -0.396 e. The minimum absolute atomic E-state index is 0.0314. The second-order valence-electron chi connectivity index (χ2n) is 6.26. The highest BCUT2D eigenvalue weighted by molar-refractivity contribution is 6.34. The van der Waals surface area contributed by atoms with Crippen LogP contribution in [0.25, 0.3) is 10.9 Å². The number of carbonyl (C=O) groups excluding carboxylic acids is 3. The van der Waals surface area contributed by atoms with E-state index >= 15 is 0 Å². The summed E-state index contributed by atoms with van der Waals surface area (Å²) in [7, 11) is 0. The Hall–Kier alpha value is -3.36. The van der Waals surface area contributed by atoms with Gasteiger partial charge in [0.1, 0.15) is 5.69 Å². The first-order chi connectivity index (χ1) is 13.8.